The van der Waals surface area contributed by atoms with E-state index in [0.29, 0.717) is 5.75 Å². The van der Waals surface area contributed by atoms with Crippen molar-refractivity contribution in [2.75, 3.05) is 5.75 Å². The van der Waals surface area contributed by atoms with Crippen molar-refractivity contribution in [2.24, 2.45) is 5.10 Å². The second-order valence-corrected chi connectivity index (χ2v) is 9.67. The molecule has 0 aliphatic carbocycles. The molecule has 5 rings (SSSR count). The molecular weight excluding hydrogens is 450 g/mol. The van der Waals surface area contributed by atoms with E-state index in [1.807, 2.05) is 24.3 Å². The number of hydrogen-bond donors (Lipinski definition) is 1. The van der Waals surface area contributed by atoms with Crippen LogP contribution in [-0.4, -0.2) is 22.4 Å². The first-order valence-electron chi connectivity index (χ1n) is 11.7. The zero-order valence-electron chi connectivity index (χ0n) is 19.9. The van der Waals surface area contributed by atoms with Crippen LogP contribution >= 0.6 is 11.8 Å². The minimum absolute atomic E-state index is 0.124. The quantitative estimate of drug-likeness (QED) is 0.161. The first kappa shape index (κ1) is 22.9. The van der Waals surface area contributed by atoms with Gasteiger partial charge in [0, 0.05) is 33.6 Å². The van der Waals surface area contributed by atoms with Crippen LogP contribution in [0.2, 0.25) is 0 Å². The number of carbonyl (C=O) groups excluding carboxylic acids is 1. The number of thioether (sulfide) groups is 1. The van der Waals surface area contributed by atoms with Gasteiger partial charge < -0.3 is 4.57 Å². The second kappa shape index (κ2) is 10.2. The van der Waals surface area contributed by atoms with Gasteiger partial charge in [0.1, 0.15) is 0 Å². The van der Waals surface area contributed by atoms with E-state index >= 15 is 0 Å². The molecule has 0 bridgehead atoms. The number of amides is 1. The number of aromatic nitrogens is 1. The maximum atomic E-state index is 12.5. The number of nitrogens with one attached hydrogen (secondary N) is 1. The Morgan fingerprint density at radius 1 is 0.914 bits per heavy atom. The molecule has 0 atom stereocenters. The fourth-order valence-electron chi connectivity index (χ4n) is 4.42. The van der Waals surface area contributed by atoms with E-state index in [1.165, 1.54) is 28.3 Å². The van der Waals surface area contributed by atoms with E-state index in [2.05, 4.69) is 95.7 Å². The molecule has 5 aromatic rings. The molecule has 0 radical (unpaired) electrons. The van der Waals surface area contributed by atoms with Crippen LogP contribution in [0.3, 0.4) is 0 Å². The Bertz CT molecular complexity index is 1530. The molecule has 0 unspecified atom stereocenters. The zero-order valence-corrected chi connectivity index (χ0v) is 20.7. The van der Waals surface area contributed by atoms with Crippen molar-refractivity contribution in [1.29, 1.82) is 0 Å². The number of fused-ring (bicyclic) bond motifs is 2. The number of aryl methyl sites for hydroxylation is 1. The molecule has 5 heteroatoms. The monoisotopic (exact) mass is 477 g/mol. The third kappa shape index (κ3) is 5.00. The van der Waals surface area contributed by atoms with Gasteiger partial charge in [-0.15, -0.1) is 11.8 Å². The standard InChI is InChI=1S/C30H27N3OS/c1-21-15-16-28-26(17-21)27(22(2)33(28)19-23-9-4-3-5-10-23)18-31-32-30(34)20-35-29-14-8-12-24-11-6-7-13-25(24)29/h3-18H,19-20H2,1-2H3,(H,32,34)/b31-18-. The molecule has 4 aromatic carbocycles. The summed E-state index contributed by atoms with van der Waals surface area (Å²) in [5, 5.41) is 7.80. The van der Waals surface area contributed by atoms with E-state index in [-0.39, 0.29) is 5.91 Å². The summed E-state index contributed by atoms with van der Waals surface area (Å²) >= 11 is 1.53. The Kier molecular flexibility index (Phi) is 6.68. The Morgan fingerprint density at radius 2 is 1.69 bits per heavy atom. The summed E-state index contributed by atoms with van der Waals surface area (Å²) in [6.45, 7) is 4.99. The summed E-state index contributed by atoms with van der Waals surface area (Å²) in [6.07, 6.45) is 1.78. The second-order valence-electron chi connectivity index (χ2n) is 8.65. The fraction of sp³-hybridized carbons (Fsp3) is 0.133. The van der Waals surface area contributed by atoms with Crippen LogP contribution in [0.15, 0.2) is 101 Å². The van der Waals surface area contributed by atoms with Crippen LogP contribution in [0.25, 0.3) is 21.7 Å². The molecule has 35 heavy (non-hydrogen) atoms. The van der Waals surface area contributed by atoms with Crippen molar-refractivity contribution >= 4 is 45.6 Å². The van der Waals surface area contributed by atoms with Crippen molar-refractivity contribution in [2.45, 2.75) is 25.3 Å². The van der Waals surface area contributed by atoms with Crippen LogP contribution in [0, 0.1) is 13.8 Å². The number of nitrogens with zero attached hydrogens (tertiary/aromatic N) is 2. The molecule has 0 spiro atoms. The average Bonchev–Trinajstić information content (AvgIpc) is 3.13. The predicted molar refractivity (Wildman–Crippen MR) is 147 cm³/mol. The maximum absolute atomic E-state index is 12.5. The maximum Gasteiger partial charge on any atom is 0.250 e. The van der Waals surface area contributed by atoms with E-state index in [0.717, 1.165) is 39.0 Å². The summed E-state index contributed by atoms with van der Waals surface area (Å²) in [6, 6.07) is 31.3. The Balaban J connectivity index is 1.33. The lowest BCUT2D eigenvalue weighted by Gasteiger charge is -2.08. The highest BCUT2D eigenvalue weighted by atomic mass is 32.2. The van der Waals surface area contributed by atoms with Crippen LogP contribution in [0.1, 0.15) is 22.4 Å². The Labute approximate surface area is 209 Å². The molecule has 1 N–H and O–H groups in total. The molecule has 0 aliphatic rings. The Hall–Kier alpha value is -3.83. The van der Waals surface area contributed by atoms with Gasteiger partial charge in [-0.25, -0.2) is 5.43 Å². The van der Waals surface area contributed by atoms with Crippen molar-refractivity contribution in [3.63, 3.8) is 0 Å². The third-order valence-electron chi connectivity index (χ3n) is 6.20. The van der Waals surface area contributed by atoms with Crippen molar-refractivity contribution in [3.8, 4) is 0 Å². The van der Waals surface area contributed by atoms with E-state index in [4.69, 9.17) is 0 Å². The fourth-order valence-corrected chi connectivity index (χ4v) is 5.29. The number of rotatable bonds is 7. The lowest BCUT2D eigenvalue weighted by Crippen LogP contribution is -2.19. The molecule has 1 heterocycles. The molecule has 0 saturated carbocycles. The molecule has 0 saturated heterocycles. The summed E-state index contributed by atoms with van der Waals surface area (Å²) < 4.78 is 2.31. The predicted octanol–water partition coefficient (Wildman–Crippen LogP) is 6.70. The van der Waals surface area contributed by atoms with Gasteiger partial charge in [0.2, 0.25) is 5.91 Å². The van der Waals surface area contributed by atoms with Crippen LogP contribution in [0.5, 0.6) is 0 Å². The molecule has 1 amide bonds. The lowest BCUT2D eigenvalue weighted by molar-refractivity contribution is -0.118. The van der Waals surface area contributed by atoms with E-state index in [1.54, 1.807) is 6.21 Å². The third-order valence-corrected chi connectivity index (χ3v) is 7.28. The molecule has 174 valence electrons. The van der Waals surface area contributed by atoms with Crippen molar-refractivity contribution in [1.82, 2.24) is 9.99 Å². The summed E-state index contributed by atoms with van der Waals surface area (Å²) in [5.74, 6) is 0.181. The summed E-state index contributed by atoms with van der Waals surface area (Å²) in [5.41, 5.74) is 8.47. The molecule has 4 nitrogen and oxygen atoms in total. The minimum Gasteiger partial charge on any atom is -0.340 e. The zero-order chi connectivity index (χ0) is 24.2. The number of hydrogen-bond acceptors (Lipinski definition) is 3. The van der Waals surface area contributed by atoms with Gasteiger partial charge in [-0.2, -0.15) is 5.10 Å². The first-order valence-corrected chi connectivity index (χ1v) is 12.6. The number of carbonyl (C=O) groups is 1. The van der Waals surface area contributed by atoms with Crippen molar-refractivity contribution < 1.29 is 4.79 Å². The first-order chi connectivity index (χ1) is 17.1. The highest BCUT2D eigenvalue weighted by Gasteiger charge is 2.13. The molecule has 1 aromatic heterocycles. The SMILES string of the molecule is Cc1ccc2c(c1)c(/C=N\NC(=O)CSc1cccc3ccccc13)c(C)n2Cc1ccccc1. The van der Waals surface area contributed by atoms with Crippen molar-refractivity contribution in [3.05, 3.63) is 113 Å². The molecule has 0 aliphatic heterocycles. The van der Waals surface area contributed by atoms with Crippen LogP contribution in [-0.2, 0) is 11.3 Å². The summed E-state index contributed by atoms with van der Waals surface area (Å²) in [7, 11) is 0. The smallest absolute Gasteiger partial charge is 0.250 e. The lowest BCUT2D eigenvalue weighted by atomic mass is 10.1. The average molecular weight is 478 g/mol. The van der Waals surface area contributed by atoms with Gasteiger partial charge in [0.05, 0.1) is 12.0 Å². The van der Waals surface area contributed by atoms with Gasteiger partial charge in [-0.1, -0.05) is 78.4 Å². The van der Waals surface area contributed by atoms with Gasteiger partial charge >= 0.3 is 0 Å². The highest BCUT2D eigenvalue weighted by molar-refractivity contribution is 8.00. The molecule has 0 fully saturated rings. The van der Waals surface area contributed by atoms with E-state index < -0.39 is 0 Å². The van der Waals surface area contributed by atoms with Crippen LogP contribution in [0.4, 0.5) is 0 Å². The minimum atomic E-state index is -0.124. The number of benzene rings is 4. The topological polar surface area (TPSA) is 46.4 Å². The largest absolute Gasteiger partial charge is 0.340 e. The van der Waals surface area contributed by atoms with Gasteiger partial charge in [-0.05, 0) is 48.4 Å². The Morgan fingerprint density at radius 3 is 2.54 bits per heavy atom. The van der Waals surface area contributed by atoms with Gasteiger partial charge in [0.25, 0.3) is 0 Å². The van der Waals surface area contributed by atoms with Crippen LogP contribution < -0.4 is 5.43 Å². The van der Waals surface area contributed by atoms with Gasteiger partial charge in [-0.3, -0.25) is 4.79 Å². The number of hydrazone groups is 1. The summed E-state index contributed by atoms with van der Waals surface area (Å²) in [4.78, 5) is 13.6. The highest BCUT2D eigenvalue weighted by Crippen LogP contribution is 2.28. The van der Waals surface area contributed by atoms with Gasteiger partial charge in [0.15, 0.2) is 0 Å². The normalized spacial score (nSPS) is 11.5. The molecular formula is C30H27N3OS. The van der Waals surface area contributed by atoms with E-state index in [9.17, 15) is 4.79 Å².